The third kappa shape index (κ3) is 2.72. The first-order chi connectivity index (χ1) is 8.72. The van der Waals surface area contributed by atoms with Crippen molar-refractivity contribution in [2.75, 3.05) is 0 Å². The molecule has 0 saturated carbocycles. The molecule has 2 rings (SSSR count). The third-order valence-corrected chi connectivity index (χ3v) is 3.10. The predicted octanol–water partition coefficient (Wildman–Crippen LogP) is 2.83. The van der Waals surface area contributed by atoms with Crippen molar-refractivity contribution in [3.63, 3.8) is 0 Å². The van der Waals surface area contributed by atoms with E-state index in [0.29, 0.717) is 6.42 Å². The van der Waals surface area contributed by atoms with Crippen molar-refractivity contribution in [1.82, 2.24) is 4.57 Å². The molecular weight excluding hydrogens is 222 g/mol. The van der Waals surface area contributed by atoms with Crippen LogP contribution in [0.25, 0.3) is 10.9 Å². The fourth-order valence-electron chi connectivity index (χ4n) is 2.37. The summed E-state index contributed by atoms with van der Waals surface area (Å²) in [6.07, 6.45) is 4.49. The van der Waals surface area contributed by atoms with Crippen molar-refractivity contribution in [3.8, 4) is 6.07 Å². The fourth-order valence-corrected chi connectivity index (χ4v) is 2.37. The minimum atomic E-state index is 0.165. The highest BCUT2D eigenvalue weighted by Crippen LogP contribution is 2.22. The maximum atomic E-state index is 8.61. The lowest BCUT2D eigenvalue weighted by Crippen LogP contribution is -2.18. The molecule has 1 aromatic carbocycles. The molecular formula is C15H19N3. The molecule has 3 heteroatoms. The third-order valence-electron chi connectivity index (χ3n) is 3.10. The van der Waals surface area contributed by atoms with Gasteiger partial charge in [-0.1, -0.05) is 18.2 Å². The topological polar surface area (TPSA) is 54.7 Å². The minimum absolute atomic E-state index is 0.165. The van der Waals surface area contributed by atoms with Crippen LogP contribution in [0.4, 0.5) is 0 Å². The number of unbranched alkanes of at least 4 members (excludes halogenated alkanes) is 1. The largest absolute Gasteiger partial charge is 0.347 e. The summed E-state index contributed by atoms with van der Waals surface area (Å²) < 4.78 is 2.24. The zero-order valence-corrected chi connectivity index (χ0v) is 10.8. The zero-order valence-electron chi connectivity index (χ0n) is 10.8. The van der Waals surface area contributed by atoms with Gasteiger partial charge in [0.25, 0.3) is 0 Å². The summed E-state index contributed by atoms with van der Waals surface area (Å²) in [4.78, 5) is 0. The molecule has 1 aromatic heterocycles. The number of hydrogen-bond donors (Lipinski definition) is 1. The van der Waals surface area contributed by atoms with Gasteiger partial charge < -0.3 is 10.3 Å². The Balaban J connectivity index is 2.33. The van der Waals surface area contributed by atoms with Gasteiger partial charge in [-0.05, 0) is 36.8 Å². The molecule has 94 valence electrons. The summed E-state index contributed by atoms with van der Waals surface area (Å²) in [5.41, 5.74) is 8.47. The summed E-state index contributed by atoms with van der Waals surface area (Å²) in [7, 11) is 0. The van der Waals surface area contributed by atoms with Crippen LogP contribution in [0.3, 0.4) is 0 Å². The van der Waals surface area contributed by atoms with Crippen molar-refractivity contribution in [1.29, 1.82) is 5.26 Å². The van der Waals surface area contributed by atoms with Crippen LogP contribution >= 0.6 is 0 Å². The van der Waals surface area contributed by atoms with Crippen molar-refractivity contribution in [2.24, 2.45) is 5.73 Å². The van der Waals surface area contributed by atoms with E-state index in [2.05, 4.69) is 41.1 Å². The molecule has 0 aliphatic heterocycles. The van der Waals surface area contributed by atoms with E-state index in [1.165, 1.54) is 16.5 Å². The normalized spacial score (nSPS) is 12.5. The lowest BCUT2D eigenvalue weighted by Gasteiger charge is -2.11. The van der Waals surface area contributed by atoms with E-state index in [9.17, 15) is 0 Å². The van der Waals surface area contributed by atoms with Gasteiger partial charge in [0.15, 0.2) is 0 Å². The van der Waals surface area contributed by atoms with Gasteiger partial charge in [-0.15, -0.1) is 0 Å². The molecule has 0 spiro atoms. The molecule has 1 unspecified atom stereocenters. The number of nitriles is 1. The number of fused-ring (bicyclic) bond motifs is 1. The molecule has 0 saturated heterocycles. The second kappa shape index (κ2) is 5.70. The Morgan fingerprint density at radius 1 is 1.39 bits per heavy atom. The van der Waals surface area contributed by atoms with Crippen LogP contribution < -0.4 is 5.73 Å². The van der Waals surface area contributed by atoms with Gasteiger partial charge in [-0.2, -0.15) is 5.26 Å². The molecule has 2 aromatic rings. The number of benzene rings is 1. The molecule has 0 amide bonds. The van der Waals surface area contributed by atoms with E-state index in [0.717, 1.165) is 19.4 Å². The quantitative estimate of drug-likeness (QED) is 0.818. The van der Waals surface area contributed by atoms with Crippen molar-refractivity contribution in [2.45, 2.75) is 38.8 Å². The van der Waals surface area contributed by atoms with Crippen LogP contribution in [-0.2, 0) is 13.0 Å². The maximum Gasteiger partial charge on any atom is 0.0622 e. The molecule has 3 nitrogen and oxygen atoms in total. The van der Waals surface area contributed by atoms with Crippen molar-refractivity contribution in [3.05, 3.63) is 36.0 Å². The van der Waals surface area contributed by atoms with E-state index in [4.69, 9.17) is 11.0 Å². The molecule has 1 heterocycles. The molecule has 0 radical (unpaired) electrons. The van der Waals surface area contributed by atoms with Crippen molar-refractivity contribution >= 4 is 10.9 Å². The summed E-state index contributed by atoms with van der Waals surface area (Å²) in [5, 5.41) is 9.86. The number of hydrogen-bond acceptors (Lipinski definition) is 2. The standard InChI is InChI=1S/C15H19N3/c1-12(17)11-14-6-4-5-13-7-10-18(15(13)14)9-3-2-8-16/h4-7,10,12H,2-3,9,11,17H2,1H3. The summed E-state index contributed by atoms with van der Waals surface area (Å²) >= 11 is 0. The van der Waals surface area contributed by atoms with Crippen LogP contribution in [0, 0.1) is 11.3 Å². The van der Waals surface area contributed by atoms with E-state index >= 15 is 0 Å². The van der Waals surface area contributed by atoms with Gasteiger partial charge in [0.2, 0.25) is 0 Å². The molecule has 2 N–H and O–H groups in total. The first-order valence-electron chi connectivity index (χ1n) is 6.41. The summed E-state index contributed by atoms with van der Waals surface area (Å²) in [5.74, 6) is 0. The van der Waals surface area contributed by atoms with E-state index in [-0.39, 0.29) is 6.04 Å². The van der Waals surface area contributed by atoms with E-state index in [1.54, 1.807) is 0 Å². The highest BCUT2D eigenvalue weighted by molar-refractivity contribution is 5.83. The molecule has 0 aliphatic rings. The number of rotatable bonds is 5. The van der Waals surface area contributed by atoms with Crippen LogP contribution in [0.1, 0.15) is 25.3 Å². The first-order valence-corrected chi connectivity index (χ1v) is 6.41. The first kappa shape index (κ1) is 12.7. The average Bonchev–Trinajstić information content (AvgIpc) is 2.73. The summed E-state index contributed by atoms with van der Waals surface area (Å²) in [6.45, 7) is 2.93. The molecule has 1 atom stereocenters. The second-order valence-electron chi connectivity index (χ2n) is 4.81. The van der Waals surface area contributed by atoms with Gasteiger partial charge >= 0.3 is 0 Å². The Labute approximate surface area is 108 Å². The number of aromatic nitrogens is 1. The molecule has 0 fully saturated rings. The zero-order chi connectivity index (χ0) is 13.0. The predicted molar refractivity (Wildman–Crippen MR) is 74.1 cm³/mol. The van der Waals surface area contributed by atoms with Crippen LogP contribution in [0.5, 0.6) is 0 Å². The van der Waals surface area contributed by atoms with Gasteiger partial charge in [0.05, 0.1) is 11.6 Å². The monoisotopic (exact) mass is 241 g/mol. The average molecular weight is 241 g/mol. The smallest absolute Gasteiger partial charge is 0.0622 e. The molecule has 0 bridgehead atoms. The van der Waals surface area contributed by atoms with E-state index in [1.807, 2.05) is 6.92 Å². The lowest BCUT2D eigenvalue weighted by atomic mass is 10.0. The number of para-hydroxylation sites is 1. The Bertz CT molecular complexity index is 561. The van der Waals surface area contributed by atoms with E-state index < -0.39 is 0 Å². The van der Waals surface area contributed by atoms with Gasteiger partial charge in [-0.3, -0.25) is 0 Å². The maximum absolute atomic E-state index is 8.61. The van der Waals surface area contributed by atoms with Gasteiger partial charge in [-0.25, -0.2) is 0 Å². The van der Waals surface area contributed by atoms with Crippen LogP contribution in [-0.4, -0.2) is 10.6 Å². The van der Waals surface area contributed by atoms with Crippen LogP contribution in [0.2, 0.25) is 0 Å². The number of nitrogens with zero attached hydrogens (tertiary/aromatic N) is 2. The van der Waals surface area contributed by atoms with Gasteiger partial charge in [0.1, 0.15) is 0 Å². The molecule has 18 heavy (non-hydrogen) atoms. The lowest BCUT2D eigenvalue weighted by molar-refractivity contribution is 0.668. The highest BCUT2D eigenvalue weighted by atomic mass is 15.0. The Morgan fingerprint density at radius 3 is 2.94 bits per heavy atom. The molecule has 0 aliphatic carbocycles. The number of aryl methyl sites for hydroxylation is 1. The second-order valence-corrected chi connectivity index (χ2v) is 4.81. The fraction of sp³-hybridized carbons (Fsp3) is 0.400. The SMILES string of the molecule is CC(N)Cc1cccc2ccn(CCCC#N)c12. The highest BCUT2D eigenvalue weighted by Gasteiger charge is 2.07. The Kier molecular flexibility index (Phi) is 4.01. The Morgan fingerprint density at radius 2 is 2.22 bits per heavy atom. The van der Waals surface area contributed by atoms with Crippen molar-refractivity contribution < 1.29 is 0 Å². The Hall–Kier alpha value is -1.79. The number of nitrogens with two attached hydrogens (primary N) is 1. The van der Waals surface area contributed by atoms with Gasteiger partial charge in [0, 0.05) is 25.2 Å². The summed E-state index contributed by atoms with van der Waals surface area (Å²) in [6, 6.07) is 10.8. The van der Waals surface area contributed by atoms with Crippen LogP contribution in [0.15, 0.2) is 30.5 Å². The minimum Gasteiger partial charge on any atom is -0.347 e.